The van der Waals surface area contributed by atoms with E-state index in [1.165, 1.54) is 4.90 Å². The van der Waals surface area contributed by atoms with Gasteiger partial charge in [0.25, 0.3) is 5.92 Å². The average molecular weight is 321 g/mol. The Balaban J connectivity index is 2.13. The number of aliphatic carboxylic acids is 1. The van der Waals surface area contributed by atoms with Gasteiger partial charge in [-0.2, -0.15) is 0 Å². The normalized spacial score (nSPS) is 29.8. The van der Waals surface area contributed by atoms with Gasteiger partial charge in [0.15, 0.2) is 0 Å². The molecule has 0 spiro atoms. The number of alkyl halides is 2. The van der Waals surface area contributed by atoms with Gasteiger partial charge in [0.2, 0.25) is 0 Å². The Kier molecular flexibility index (Phi) is 3.67. The van der Waals surface area contributed by atoms with Gasteiger partial charge in [0, 0.05) is 19.4 Å². The van der Waals surface area contributed by atoms with Crippen LogP contribution in [0.15, 0.2) is 0 Å². The Labute approximate surface area is 127 Å². The Hall–Kier alpha value is -1.44. The van der Waals surface area contributed by atoms with E-state index in [-0.39, 0.29) is 19.5 Å². The summed E-state index contributed by atoms with van der Waals surface area (Å²) in [6.45, 7) is 4.80. The van der Waals surface area contributed by atoms with E-state index in [1.807, 2.05) is 0 Å². The Morgan fingerprint density at radius 1 is 1.23 bits per heavy atom. The lowest BCUT2D eigenvalue weighted by atomic mass is 9.56. The summed E-state index contributed by atoms with van der Waals surface area (Å²) in [5.41, 5.74) is -4.50. The number of halogens is 2. The highest BCUT2D eigenvalue weighted by molar-refractivity contribution is 5.79. The van der Waals surface area contributed by atoms with Crippen LogP contribution in [0.1, 0.15) is 40.0 Å². The van der Waals surface area contributed by atoms with E-state index >= 15 is 0 Å². The number of hydrogen-bond acceptors (Lipinski definition) is 4. The van der Waals surface area contributed by atoms with Gasteiger partial charge in [-0.3, -0.25) is 4.79 Å². The third-order valence-electron chi connectivity index (χ3n) is 4.32. The van der Waals surface area contributed by atoms with Crippen LogP contribution >= 0.6 is 0 Å². The van der Waals surface area contributed by atoms with E-state index in [0.717, 1.165) is 0 Å². The fourth-order valence-corrected chi connectivity index (χ4v) is 3.18. The number of ether oxygens (including phenoxy) is 1. The van der Waals surface area contributed by atoms with Crippen molar-refractivity contribution >= 4 is 12.1 Å². The first-order chi connectivity index (χ1) is 9.80. The number of likely N-dealkylation sites (tertiary alicyclic amines) is 1. The number of amides is 1. The molecule has 8 heteroatoms. The van der Waals surface area contributed by atoms with Gasteiger partial charge >= 0.3 is 12.1 Å². The highest BCUT2D eigenvalue weighted by atomic mass is 19.3. The summed E-state index contributed by atoms with van der Waals surface area (Å²) in [5.74, 6) is -4.54. The molecule has 2 fully saturated rings. The molecule has 1 aliphatic heterocycles. The lowest BCUT2D eigenvalue weighted by molar-refractivity contribution is -0.240. The Morgan fingerprint density at radius 2 is 1.77 bits per heavy atom. The Morgan fingerprint density at radius 3 is 2.18 bits per heavy atom. The first-order valence-corrected chi connectivity index (χ1v) is 7.12. The van der Waals surface area contributed by atoms with Gasteiger partial charge in [-0.1, -0.05) is 0 Å². The molecule has 1 heterocycles. The second-order valence-electron chi connectivity index (χ2n) is 7.28. The second-order valence-corrected chi connectivity index (χ2v) is 7.28. The molecule has 1 atom stereocenters. The number of carbonyl (C=O) groups is 2. The van der Waals surface area contributed by atoms with Crippen molar-refractivity contribution in [3.05, 3.63) is 0 Å². The lowest BCUT2D eigenvalue weighted by Crippen LogP contribution is -2.65. The maximum Gasteiger partial charge on any atom is 0.410 e. The van der Waals surface area contributed by atoms with Crippen LogP contribution in [0, 0.1) is 5.41 Å². The zero-order chi connectivity index (χ0) is 17.0. The molecule has 2 rings (SSSR count). The second kappa shape index (κ2) is 4.78. The number of rotatable bonds is 2. The first kappa shape index (κ1) is 16.9. The van der Waals surface area contributed by atoms with Crippen molar-refractivity contribution in [2.45, 2.75) is 57.2 Å². The van der Waals surface area contributed by atoms with Crippen molar-refractivity contribution in [1.29, 1.82) is 0 Å². The fraction of sp³-hybridized carbons (Fsp3) is 0.857. The van der Waals surface area contributed by atoms with Crippen molar-refractivity contribution in [3.8, 4) is 0 Å². The van der Waals surface area contributed by atoms with E-state index in [1.54, 1.807) is 20.8 Å². The molecule has 0 aromatic carbocycles. The van der Waals surface area contributed by atoms with E-state index in [4.69, 9.17) is 4.74 Å². The van der Waals surface area contributed by atoms with Crippen LogP contribution in [-0.4, -0.2) is 57.4 Å². The zero-order valence-electron chi connectivity index (χ0n) is 12.9. The van der Waals surface area contributed by atoms with Crippen LogP contribution in [-0.2, 0) is 9.53 Å². The summed E-state index contributed by atoms with van der Waals surface area (Å²) in [5, 5.41) is 19.9. The lowest BCUT2D eigenvalue weighted by Gasteiger charge is -2.51. The summed E-state index contributed by atoms with van der Waals surface area (Å²) < 4.78 is 31.6. The molecule has 126 valence electrons. The van der Waals surface area contributed by atoms with Crippen LogP contribution in [0.2, 0.25) is 0 Å². The van der Waals surface area contributed by atoms with Crippen molar-refractivity contribution in [2.75, 3.05) is 13.1 Å². The summed E-state index contributed by atoms with van der Waals surface area (Å²) in [4.78, 5) is 24.6. The summed E-state index contributed by atoms with van der Waals surface area (Å²) in [6, 6.07) is 0. The molecule has 0 bridgehead atoms. The smallest absolute Gasteiger partial charge is 0.410 e. The van der Waals surface area contributed by atoms with Gasteiger partial charge in [0.1, 0.15) is 16.6 Å². The predicted molar refractivity (Wildman–Crippen MR) is 71.6 cm³/mol. The van der Waals surface area contributed by atoms with Gasteiger partial charge < -0.3 is 19.8 Å². The molecule has 0 radical (unpaired) electrons. The number of hydrogen-bond donors (Lipinski definition) is 2. The summed E-state index contributed by atoms with van der Waals surface area (Å²) in [6.07, 6.45) is -2.56. The molecule has 6 nitrogen and oxygen atoms in total. The van der Waals surface area contributed by atoms with Crippen LogP contribution < -0.4 is 0 Å². The van der Waals surface area contributed by atoms with E-state index < -0.39 is 47.4 Å². The largest absolute Gasteiger partial charge is 0.481 e. The minimum Gasteiger partial charge on any atom is -0.481 e. The van der Waals surface area contributed by atoms with E-state index in [0.29, 0.717) is 0 Å². The highest BCUT2D eigenvalue weighted by Crippen LogP contribution is 2.59. The third-order valence-corrected chi connectivity index (χ3v) is 4.32. The number of nitrogens with zero attached hydrogens (tertiary/aromatic N) is 1. The van der Waals surface area contributed by atoms with Crippen molar-refractivity contribution in [1.82, 2.24) is 4.90 Å². The van der Waals surface area contributed by atoms with Crippen LogP contribution in [0.3, 0.4) is 0 Å². The predicted octanol–water partition coefficient (Wildman–Crippen LogP) is 1.86. The molecular weight excluding hydrogens is 300 g/mol. The van der Waals surface area contributed by atoms with Gasteiger partial charge in [-0.25, -0.2) is 13.6 Å². The molecule has 1 amide bonds. The molecular formula is C14H21F2NO5. The van der Waals surface area contributed by atoms with Crippen molar-refractivity contribution in [2.24, 2.45) is 5.41 Å². The van der Waals surface area contributed by atoms with Gasteiger partial charge in [-0.15, -0.1) is 0 Å². The monoisotopic (exact) mass is 321 g/mol. The number of carboxylic acid groups (broad SMARTS) is 1. The highest BCUT2D eigenvalue weighted by Gasteiger charge is 2.71. The minimum absolute atomic E-state index is 0.0609. The topological polar surface area (TPSA) is 87.1 Å². The molecule has 2 N–H and O–H groups in total. The van der Waals surface area contributed by atoms with Crippen molar-refractivity contribution in [3.63, 3.8) is 0 Å². The summed E-state index contributed by atoms with van der Waals surface area (Å²) >= 11 is 0. The maximum absolute atomic E-state index is 13.2. The number of carbonyl (C=O) groups excluding carboxylic acids is 1. The average Bonchev–Trinajstić information content (AvgIpc) is 2.67. The van der Waals surface area contributed by atoms with Gasteiger partial charge in [0.05, 0.1) is 6.54 Å². The quantitative estimate of drug-likeness (QED) is 0.810. The molecule has 1 unspecified atom stereocenters. The first-order valence-electron chi connectivity index (χ1n) is 7.12. The Bertz CT molecular complexity index is 494. The van der Waals surface area contributed by atoms with E-state index in [2.05, 4.69) is 0 Å². The molecule has 1 saturated carbocycles. The molecule has 0 aromatic heterocycles. The molecule has 22 heavy (non-hydrogen) atoms. The molecule has 2 aliphatic rings. The summed E-state index contributed by atoms with van der Waals surface area (Å²) in [7, 11) is 0. The standard InChI is InChI=1S/C14H21F2NO5/c1-11(2,3)22-10(20)17-5-4-13(21,8-17)12(9(18)19)6-14(15,16)7-12/h21H,4-8H2,1-3H3,(H,18,19). The van der Waals surface area contributed by atoms with E-state index in [9.17, 15) is 28.6 Å². The van der Waals surface area contributed by atoms with Crippen LogP contribution in [0.25, 0.3) is 0 Å². The number of aliphatic hydroxyl groups is 1. The van der Waals surface area contributed by atoms with Gasteiger partial charge in [-0.05, 0) is 27.2 Å². The number of carboxylic acids is 1. The molecule has 0 aromatic rings. The van der Waals surface area contributed by atoms with Crippen LogP contribution in [0.5, 0.6) is 0 Å². The third kappa shape index (κ3) is 2.76. The zero-order valence-corrected chi connectivity index (χ0v) is 12.9. The maximum atomic E-state index is 13.2. The minimum atomic E-state index is -3.09. The molecule has 1 aliphatic carbocycles. The molecule has 1 saturated heterocycles. The SMILES string of the molecule is CC(C)(C)OC(=O)N1CCC(O)(C2(C(=O)O)CC(F)(F)C2)C1. The van der Waals surface area contributed by atoms with Crippen molar-refractivity contribution < 1.29 is 33.3 Å². The fourth-order valence-electron chi connectivity index (χ4n) is 3.18. The van der Waals surface area contributed by atoms with Crippen LogP contribution in [0.4, 0.5) is 13.6 Å². The number of β-amino-alcohol motifs (C(OH)–C–C–N with tert-alkyl or cyclic N) is 1.